The average molecular weight is 426 g/mol. The Morgan fingerprint density at radius 2 is 1.93 bits per heavy atom. The standard InChI is InChI=1S/C19H20FNO5S2/c1-26-19(23)17-14-4-2-5-15(14)27-18(17)21-16(22)6-3-11-28(24,25)13-9-7-12(20)8-10-13/h7-10H,2-6,11H2,1H3,(H,21,22). The second-order valence-electron chi connectivity index (χ2n) is 6.48. The quantitative estimate of drug-likeness (QED) is 0.543. The number of fused-ring (bicyclic) bond motifs is 1. The van der Waals surface area contributed by atoms with Gasteiger partial charge < -0.3 is 10.1 Å². The minimum Gasteiger partial charge on any atom is -0.465 e. The first-order valence-electron chi connectivity index (χ1n) is 8.83. The second kappa shape index (κ2) is 8.40. The van der Waals surface area contributed by atoms with Crippen LogP contribution in [0, 0.1) is 5.82 Å². The predicted molar refractivity (Wildman–Crippen MR) is 104 cm³/mol. The summed E-state index contributed by atoms with van der Waals surface area (Å²) in [6.45, 7) is 0. The van der Waals surface area contributed by atoms with Gasteiger partial charge >= 0.3 is 5.97 Å². The zero-order valence-corrected chi connectivity index (χ0v) is 16.9. The summed E-state index contributed by atoms with van der Waals surface area (Å²) in [4.78, 5) is 25.5. The van der Waals surface area contributed by atoms with E-state index in [0.29, 0.717) is 10.6 Å². The summed E-state index contributed by atoms with van der Waals surface area (Å²) in [5, 5.41) is 3.18. The largest absolute Gasteiger partial charge is 0.465 e. The minimum atomic E-state index is -3.59. The number of benzene rings is 1. The molecule has 0 aliphatic heterocycles. The number of methoxy groups -OCH3 is 1. The molecule has 0 spiro atoms. The highest BCUT2D eigenvalue weighted by Crippen LogP contribution is 2.39. The van der Waals surface area contributed by atoms with Crippen molar-refractivity contribution in [1.82, 2.24) is 0 Å². The molecule has 0 unspecified atom stereocenters. The van der Waals surface area contributed by atoms with Crippen LogP contribution in [0.2, 0.25) is 0 Å². The number of halogens is 1. The van der Waals surface area contributed by atoms with E-state index in [1.807, 2.05) is 0 Å². The van der Waals surface area contributed by atoms with E-state index in [-0.39, 0.29) is 29.4 Å². The average Bonchev–Trinajstić information content (AvgIpc) is 3.22. The van der Waals surface area contributed by atoms with E-state index in [9.17, 15) is 22.4 Å². The first-order chi connectivity index (χ1) is 13.3. The van der Waals surface area contributed by atoms with Crippen molar-refractivity contribution in [2.45, 2.75) is 37.0 Å². The fraction of sp³-hybridized carbons (Fsp3) is 0.368. The molecule has 0 saturated carbocycles. The van der Waals surface area contributed by atoms with Gasteiger partial charge in [-0.25, -0.2) is 17.6 Å². The summed E-state index contributed by atoms with van der Waals surface area (Å²) >= 11 is 1.37. The zero-order valence-electron chi connectivity index (χ0n) is 15.3. The number of sulfone groups is 1. The van der Waals surface area contributed by atoms with Crippen LogP contribution >= 0.6 is 11.3 Å². The molecule has 6 nitrogen and oxygen atoms in total. The Hall–Kier alpha value is -2.26. The van der Waals surface area contributed by atoms with Crippen molar-refractivity contribution < 1.29 is 27.1 Å². The first kappa shape index (κ1) is 20.5. The number of esters is 1. The molecule has 0 bridgehead atoms. The van der Waals surface area contributed by atoms with Crippen LogP contribution in [0.4, 0.5) is 9.39 Å². The lowest BCUT2D eigenvalue weighted by molar-refractivity contribution is -0.116. The maximum atomic E-state index is 12.9. The molecule has 0 atom stereocenters. The van der Waals surface area contributed by atoms with Crippen LogP contribution in [-0.4, -0.2) is 33.2 Å². The van der Waals surface area contributed by atoms with Crippen LogP contribution in [0.15, 0.2) is 29.2 Å². The third-order valence-corrected chi connectivity index (χ3v) is 7.58. The number of nitrogens with one attached hydrogen (secondary N) is 1. The maximum Gasteiger partial charge on any atom is 0.341 e. The Morgan fingerprint density at radius 3 is 2.61 bits per heavy atom. The monoisotopic (exact) mass is 425 g/mol. The highest BCUT2D eigenvalue weighted by Gasteiger charge is 2.28. The van der Waals surface area contributed by atoms with Gasteiger partial charge in [0.25, 0.3) is 0 Å². The Balaban J connectivity index is 1.61. The summed E-state index contributed by atoms with van der Waals surface area (Å²) in [7, 11) is -2.29. The number of amides is 1. The van der Waals surface area contributed by atoms with E-state index in [2.05, 4.69) is 5.32 Å². The number of carbonyl (C=O) groups excluding carboxylic acids is 2. The van der Waals surface area contributed by atoms with Gasteiger partial charge in [-0.1, -0.05) is 0 Å². The summed E-state index contributed by atoms with van der Waals surface area (Å²) in [5.41, 5.74) is 1.35. The summed E-state index contributed by atoms with van der Waals surface area (Å²) < 4.78 is 42.3. The van der Waals surface area contributed by atoms with Gasteiger partial charge in [-0.3, -0.25) is 4.79 Å². The molecule has 28 heavy (non-hydrogen) atoms. The molecule has 1 aliphatic rings. The number of hydrogen-bond donors (Lipinski definition) is 1. The molecule has 0 fully saturated rings. The number of carbonyl (C=O) groups is 2. The third-order valence-electron chi connectivity index (χ3n) is 4.55. The summed E-state index contributed by atoms with van der Waals surface area (Å²) in [6, 6.07) is 4.59. The Labute approximate surface area is 166 Å². The van der Waals surface area contributed by atoms with Crippen molar-refractivity contribution in [1.29, 1.82) is 0 Å². The fourth-order valence-corrected chi connectivity index (χ4v) is 5.79. The predicted octanol–water partition coefficient (Wildman–Crippen LogP) is 3.36. The lowest BCUT2D eigenvalue weighted by atomic mass is 10.1. The van der Waals surface area contributed by atoms with Crippen molar-refractivity contribution in [2.24, 2.45) is 0 Å². The molecule has 1 aliphatic carbocycles. The number of anilines is 1. The van der Waals surface area contributed by atoms with Gasteiger partial charge in [0, 0.05) is 11.3 Å². The molecule has 1 aromatic carbocycles. The minimum absolute atomic E-state index is 0.0103. The molecule has 1 N–H and O–H groups in total. The lowest BCUT2D eigenvalue weighted by Gasteiger charge is -2.07. The van der Waals surface area contributed by atoms with E-state index in [1.54, 1.807) is 0 Å². The van der Waals surface area contributed by atoms with E-state index in [4.69, 9.17) is 4.74 Å². The van der Waals surface area contributed by atoms with Crippen molar-refractivity contribution in [3.8, 4) is 0 Å². The lowest BCUT2D eigenvalue weighted by Crippen LogP contribution is -2.16. The van der Waals surface area contributed by atoms with Crippen molar-refractivity contribution in [3.63, 3.8) is 0 Å². The second-order valence-corrected chi connectivity index (χ2v) is 9.69. The van der Waals surface area contributed by atoms with E-state index in [0.717, 1.165) is 41.8 Å². The third kappa shape index (κ3) is 4.41. The van der Waals surface area contributed by atoms with Gasteiger partial charge in [-0.15, -0.1) is 11.3 Å². The van der Waals surface area contributed by atoms with Crippen LogP contribution in [0.1, 0.15) is 40.1 Å². The normalized spacial score (nSPS) is 13.2. The number of thiophene rings is 1. The van der Waals surface area contributed by atoms with Crippen LogP contribution < -0.4 is 5.32 Å². The first-order valence-corrected chi connectivity index (χ1v) is 11.3. The number of hydrogen-bond acceptors (Lipinski definition) is 6. The molecule has 9 heteroatoms. The maximum absolute atomic E-state index is 12.9. The van der Waals surface area contributed by atoms with Gasteiger partial charge in [0.05, 0.1) is 23.3 Å². The highest BCUT2D eigenvalue weighted by atomic mass is 32.2. The molecular formula is C19H20FNO5S2. The number of aryl methyl sites for hydroxylation is 1. The molecule has 2 aromatic rings. The van der Waals surface area contributed by atoms with Gasteiger partial charge in [-0.05, 0) is 55.5 Å². The SMILES string of the molecule is COC(=O)c1c(NC(=O)CCCS(=O)(=O)c2ccc(F)cc2)sc2c1CCC2. The molecular weight excluding hydrogens is 405 g/mol. The van der Waals surface area contributed by atoms with Gasteiger partial charge in [0.1, 0.15) is 10.8 Å². The molecule has 0 radical (unpaired) electrons. The van der Waals surface area contributed by atoms with E-state index in [1.165, 1.54) is 30.6 Å². The summed E-state index contributed by atoms with van der Waals surface area (Å²) in [6.07, 6.45) is 2.73. The number of ether oxygens (including phenoxy) is 1. The molecule has 1 aromatic heterocycles. The van der Waals surface area contributed by atoms with Crippen molar-refractivity contribution in [3.05, 3.63) is 46.1 Å². The molecule has 150 valence electrons. The Bertz CT molecular complexity index is 996. The van der Waals surface area contributed by atoms with Crippen molar-refractivity contribution >= 4 is 38.1 Å². The Kier molecular flexibility index (Phi) is 6.14. The van der Waals surface area contributed by atoms with Crippen LogP contribution in [0.25, 0.3) is 0 Å². The van der Waals surface area contributed by atoms with Crippen LogP contribution in [-0.2, 0) is 32.2 Å². The molecule has 0 saturated heterocycles. The molecule has 1 heterocycles. The smallest absolute Gasteiger partial charge is 0.341 e. The fourth-order valence-electron chi connectivity index (χ4n) is 3.18. The van der Waals surface area contributed by atoms with E-state index >= 15 is 0 Å². The Morgan fingerprint density at radius 1 is 1.21 bits per heavy atom. The van der Waals surface area contributed by atoms with Gasteiger partial charge in [0.2, 0.25) is 5.91 Å². The molecule has 3 rings (SSSR count). The van der Waals surface area contributed by atoms with E-state index < -0.39 is 21.6 Å². The summed E-state index contributed by atoms with van der Waals surface area (Å²) in [5.74, 6) is -1.58. The zero-order chi connectivity index (χ0) is 20.3. The van der Waals surface area contributed by atoms with Gasteiger partial charge in [0.15, 0.2) is 9.84 Å². The van der Waals surface area contributed by atoms with Crippen molar-refractivity contribution in [2.75, 3.05) is 18.2 Å². The van der Waals surface area contributed by atoms with Crippen LogP contribution in [0.5, 0.6) is 0 Å². The van der Waals surface area contributed by atoms with Gasteiger partial charge in [-0.2, -0.15) is 0 Å². The topological polar surface area (TPSA) is 89.5 Å². The highest BCUT2D eigenvalue weighted by molar-refractivity contribution is 7.91. The number of rotatable bonds is 7. The molecule has 1 amide bonds. The van der Waals surface area contributed by atoms with Crippen LogP contribution in [0.3, 0.4) is 0 Å².